The summed E-state index contributed by atoms with van der Waals surface area (Å²) in [6.45, 7) is 0.681. The summed E-state index contributed by atoms with van der Waals surface area (Å²) in [7, 11) is -0.465. The number of nitrogens with zero attached hydrogens (tertiary/aromatic N) is 2. The lowest BCUT2D eigenvalue weighted by atomic mass is 9.98. The zero-order valence-electron chi connectivity index (χ0n) is 14.5. The van der Waals surface area contributed by atoms with Gasteiger partial charge in [0.15, 0.2) is 0 Å². The van der Waals surface area contributed by atoms with Gasteiger partial charge in [-0.05, 0) is 35.7 Å². The Kier molecular flexibility index (Phi) is 5.08. The van der Waals surface area contributed by atoms with Crippen molar-refractivity contribution < 1.29 is 13.2 Å². The van der Waals surface area contributed by atoms with Gasteiger partial charge in [-0.15, -0.1) is 0 Å². The quantitative estimate of drug-likeness (QED) is 0.908. The minimum Gasteiger partial charge on any atom is -0.326 e. The van der Waals surface area contributed by atoms with Crippen molar-refractivity contribution in [1.29, 1.82) is 0 Å². The number of piperidine rings is 1. The predicted octanol–water partition coefficient (Wildman–Crippen LogP) is 2.30. The molecule has 1 fully saturated rings. The summed E-state index contributed by atoms with van der Waals surface area (Å²) in [6, 6.07) is 13.7. The Morgan fingerprint density at radius 1 is 1.16 bits per heavy atom. The molecule has 0 bridgehead atoms. The van der Waals surface area contributed by atoms with E-state index in [9.17, 15) is 13.2 Å². The van der Waals surface area contributed by atoms with E-state index in [2.05, 4.69) is 5.32 Å². The van der Waals surface area contributed by atoms with Gasteiger partial charge >= 0.3 is 0 Å². The number of carbonyl (C=O) groups is 1. The summed E-state index contributed by atoms with van der Waals surface area (Å²) in [5.74, 6) is -0.469. The summed E-state index contributed by atoms with van der Waals surface area (Å²) < 4.78 is 27.1. The molecule has 2 aromatic carbocycles. The smallest absolute Gasteiger partial charge is 0.281 e. The monoisotopic (exact) mass is 361 g/mol. The molecular formula is C18H23N3O3S. The predicted molar refractivity (Wildman–Crippen MR) is 99.5 cm³/mol. The molecule has 1 saturated heterocycles. The van der Waals surface area contributed by atoms with Gasteiger partial charge in [0.05, 0.1) is 5.92 Å². The van der Waals surface area contributed by atoms with E-state index in [1.54, 1.807) is 0 Å². The van der Waals surface area contributed by atoms with E-state index in [4.69, 9.17) is 0 Å². The molecule has 0 saturated carbocycles. The van der Waals surface area contributed by atoms with Gasteiger partial charge in [-0.25, -0.2) is 0 Å². The molecule has 134 valence electrons. The Morgan fingerprint density at radius 2 is 1.88 bits per heavy atom. The highest BCUT2D eigenvalue weighted by Gasteiger charge is 2.33. The van der Waals surface area contributed by atoms with Crippen LogP contribution in [-0.2, 0) is 15.0 Å². The Labute approximate surface area is 148 Å². The first kappa shape index (κ1) is 17.8. The molecular weight excluding hydrogens is 338 g/mol. The molecule has 6 nitrogen and oxygen atoms in total. The van der Waals surface area contributed by atoms with Gasteiger partial charge in [0, 0.05) is 32.9 Å². The molecule has 1 aliphatic heterocycles. The third kappa shape index (κ3) is 3.84. The van der Waals surface area contributed by atoms with E-state index >= 15 is 0 Å². The average Bonchev–Trinajstić information content (AvgIpc) is 2.61. The Morgan fingerprint density at radius 3 is 2.60 bits per heavy atom. The van der Waals surface area contributed by atoms with Gasteiger partial charge in [-0.1, -0.05) is 30.3 Å². The molecule has 1 amide bonds. The lowest BCUT2D eigenvalue weighted by molar-refractivity contribution is -0.120. The van der Waals surface area contributed by atoms with Crippen molar-refractivity contribution in [1.82, 2.24) is 8.61 Å². The molecule has 0 aliphatic carbocycles. The minimum absolute atomic E-state index is 0.131. The first-order valence-electron chi connectivity index (χ1n) is 8.35. The zero-order valence-corrected chi connectivity index (χ0v) is 15.3. The molecule has 0 aromatic heterocycles. The first-order chi connectivity index (χ1) is 11.9. The standard InChI is InChI=1S/C18H23N3O3S/c1-20(2)25(23,24)21-11-5-8-16(13-21)18(22)19-17-10-9-14-6-3-4-7-15(14)12-17/h3-4,6-7,9-10,12,16H,5,8,11,13H2,1-2H3,(H,19,22)/t16-/m0/s1. The van der Waals surface area contributed by atoms with Gasteiger partial charge in [-0.2, -0.15) is 17.0 Å². The molecule has 1 atom stereocenters. The van der Waals surface area contributed by atoms with Gasteiger partial charge in [0.2, 0.25) is 5.91 Å². The normalized spacial score (nSPS) is 19.2. The SMILES string of the molecule is CN(C)S(=O)(=O)N1CCC[C@H](C(=O)Nc2ccc3ccccc3c2)C1. The van der Waals surface area contributed by atoms with Crippen molar-refractivity contribution in [2.75, 3.05) is 32.5 Å². The highest BCUT2D eigenvalue weighted by molar-refractivity contribution is 7.86. The van der Waals surface area contributed by atoms with Crippen LogP contribution in [0, 0.1) is 5.92 Å². The van der Waals surface area contributed by atoms with Crippen LogP contribution >= 0.6 is 0 Å². The fraction of sp³-hybridized carbons (Fsp3) is 0.389. The van der Waals surface area contributed by atoms with Crippen LogP contribution in [0.5, 0.6) is 0 Å². The molecule has 25 heavy (non-hydrogen) atoms. The summed E-state index contributed by atoms with van der Waals surface area (Å²) in [5.41, 5.74) is 0.733. The molecule has 0 radical (unpaired) electrons. The third-order valence-electron chi connectivity index (χ3n) is 4.56. The highest BCUT2D eigenvalue weighted by Crippen LogP contribution is 2.23. The van der Waals surface area contributed by atoms with Gasteiger partial charge in [-0.3, -0.25) is 4.79 Å². The van der Waals surface area contributed by atoms with E-state index in [-0.39, 0.29) is 18.4 Å². The maximum absolute atomic E-state index is 12.6. The van der Waals surface area contributed by atoms with Crippen LogP contribution in [0.1, 0.15) is 12.8 Å². The van der Waals surface area contributed by atoms with Crippen LogP contribution in [0.3, 0.4) is 0 Å². The third-order valence-corrected chi connectivity index (χ3v) is 6.47. The van der Waals surface area contributed by atoms with Crippen LogP contribution in [0.15, 0.2) is 42.5 Å². The summed E-state index contributed by atoms with van der Waals surface area (Å²) >= 11 is 0. The summed E-state index contributed by atoms with van der Waals surface area (Å²) in [5, 5.41) is 5.10. The first-order valence-corrected chi connectivity index (χ1v) is 9.75. The summed E-state index contributed by atoms with van der Waals surface area (Å²) in [6.07, 6.45) is 1.38. The van der Waals surface area contributed by atoms with E-state index in [1.165, 1.54) is 22.7 Å². The Bertz CT molecular complexity index is 880. The van der Waals surface area contributed by atoms with Crippen LogP contribution in [-0.4, -0.2) is 50.1 Å². The van der Waals surface area contributed by atoms with Crippen LogP contribution in [0.25, 0.3) is 10.8 Å². The van der Waals surface area contributed by atoms with Crippen LogP contribution in [0.4, 0.5) is 5.69 Å². The fourth-order valence-corrected chi connectivity index (χ4v) is 4.30. The molecule has 1 heterocycles. The second-order valence-electron chi connectivity index (χ2n) is 6.54. The number of amides is 1. The van der Waals surface area contributed by atoms with Crippen molar-refractivity contribution in [2.24, 2.45) is 5.92 Å². The number of carbonyl (C=O) groups excluding carboxylic acids is 1. The number of benzene rings is 2. The van der Waals surface area contributed by atoms with E-state index < -0.39 is 10.2 Å². The van der Waals surface area contributed by atoms with Gasteiger partial charge in [0.1, 0.15) is 0 Å². The number of rotatable bonds is 4. The molecule has 1 N–H and O–H groups in total. The number of anilines is 1. The Hall–Kier alpha value is -1.96. The lowest BCUT2D eigenvalue weighted by Crippen LogP contribution is -2.47. The van der Waals surface area contributed by atoms with E-state index in [1.807, 2.05) is 42.5 Å². The number of nitrogens with one attached hydrogen (secondary N) is 1. The van der Waals surface area contributed by atoms with E-state index in [0.29, 0.717) is 19.4 Å². The van der Waals surface area contributed by atoms with Crippen molar-refractivity contribution >= 4 is 32.6 Å². The topological polar surface area (TPSA) is 69.7 Å². The second-order valence-corrected chi connectivity index (χ2v) is 8.68. The summed E-state index contributed by atoms with van der Waals surface area (Å²) in [4.78, 5) is 12.6. The van der Waals surface area contributed by atoms with E-state index in [0.717, 1.165) is 16.5 Å². The molecule has 2 aromatic rings. The number of fused-ring (bicyclic) bond motifs is 1. The second kappa shape index (κ2) is 7.11. The minimum atomic E-state index is -3.48. The van der Waals surface area contributed by atoms with Gasteiger partial charge < -0.3 is 5.32 Å². The van der Waals surface area contributed by atoms with Gasteiger partial charge in [0.25, 0.3) is 10.2 Å². The highest BCUT2D eigenvalue weighted by atomic mass is 32.2. The lowest BCUT2D eigenvalue weighted by Gasteiger charge is -2.32. The maximum atomic E-state index is 12.6. The largest absolute Gasteiger partial charge is 0.326 e. The number of hydrogen-bond acceptors (Lipinski definition) is 3. The Balaban J connectivity index is 1.71. The van der Waals surface area contributed by atoms with Crippen LogP contribution < -0.4 is 5.32 Å². The zero-order chi connectivity index (χ0) is 18.0. The number of hydrogen-bond donors (Lipinski definition) is 1. The molecule has 1 aliphatic rings. The molecule has 7 heteroatoms. The van der Waals surface area contributed by atoms with Crippen molar-refractivity contribution in [3.8, 4) is 0 Å². The fourth-order valence-electron chi connectivity index (χ4n) is 3.11. The average molecular weight is 361 g/mol. The maximum Gasteiger partial charge on any atom is 0.281 e. The van der Waals surface area contributed by atoms with Crippen LogP contribution in [0.2, 0.25) is 0 Å². The van der Waals surface area contributed by atoms with Crippen molar-refractivity contribution in [3.63, 3.8) is 0 Å². The van der Waals surface area contributed by atoms with Crippen molar-refractivity contribution in [2.45, 2.75) is 12.8 Å². The molecule has 0 spiro atoms. The van der Waals surface area contributed by atoms with Crippen molar-refractivity contribution in [3.05, 3.63) is 42.5 Å². The molecule has 0 unspecified atom stereocenters. The molecule has 3 rings (SSSR count).